The van der Waals surface area contributed by atoms with Crippen molar-refractivity contribution in [1.82, 2.24) is 14.4 Å². The molecular formula is C38H25N3. The lowest BCUT2D eigenvalue weighted by Crippen LogP contribution is -2.22. The van der Waals surface area contributed by atoms with Crippen LogP contribution in [0.15, 0.2) is 128 Å². The molecule has 0 radical (unpaired) electrons. The number of fused-ring (bicyclic) bond motifs is 10. The molecule has 3 heteroatoms. The van der Waals surface area contributed by atoms with Gasteiger partial charge in [-0.05, 0) is 69.1 Å². The fourth-order valence-electron chi connectivity index (χ4n) is 6.07. The Hall–Kier alpha value is -5.54. The maximum absolute atomic E-state index is 5.10. The predicted octanol–water partition coefficient (Wildman–Crippen LogP) is 8.05. The van der Waals surface area contributed by atoms with E-state index in [1.54, 1.807) is 6.08 Å². The molecule has 8 rings (SSSR count). The van der Waals surface area contributed by atoms with Crippen molar-refractivity contribution in [2.75, 3.05) is 0 Å². The number of nitrogens with zero attached hydrogens (tertiary/aromatic N) is 3. The van der Waals surface area contributed by atoms with Gasteiger partial charge in [-0.2, -0.15) is 0 Å². The van der Waals surface area contributed by atoms with E-state index in [1.807, 2.05) is 24.4 Å². The minimum absolute atomic E-state index is 0.953. The Kier molecular flexibility index (Phi) is 5.13. The van der Waals surface area contributed by atoms with Gasteiger partial charge in [0.2, 0.25) is 0 Å². The summed E-state index contributed by atoms with van der Waals surface area (Å²) in [7, 11) is 0. The van der Waals surface area contributed by atoms with Gasteiger partial charge in [-0.3, -0.25) is 9.38 Å². The summed E-state index contributed by atoms with van der Waals surface area (Å²) >= 11 is 0. The number of allylic oxidation sites excluding steroid dienone is 1. The van der Waals surface area contributed by atoms with Crippen LogP contribution in [0.3, 0.4) is 0 Å². The van der Waals surface area contributed by atoms with Crippen molar-refractivity contribution in [3.63, 3.8) is 0 Å². The summed E-state index contributed by atoms with van der Waals surface area (Å²) in [4.78, 5) is 9.91. The van der Waals surface area contributed by atoms with Crippen LogP contribution in [0.1, 0.15) is 0 Å². The highest BCUT2D eigenvalue weighted by molar-refractivity contribution is 6.23. The van der Waals surface area contributed by atoms with Gasteiger partial charge in [0.1, 0.15) is 5.65 Å². The van der Waals surface area contributed by atoms with Crippen molar-refractivity contribution in [1.29, 1.82) is 0 Å². The van der Waals surface area contributed by atoms with Crippen LogP contribution in [0.25, 0.3) is 84.2 Å². The van der Waals surface area contributed by atoms with Gasteiger partial charge >= 0.3 is 0 Å². The average Bonchev–Trinajstić information content (AvgIpc) is 3.42. The number of pyridine rings is 2. The van der Waals surface area contributed by atoms with Gasteiger partial charge in [-0.15, -0.1) is 0 Å². The Morgan fingerprint density at radius 3 is 2.22 bits per heavy atom. The molecule has 0 saturated carbocycles. The minimum atomic E-state index is 0.953. The van der Waals surface area contributed by atoms with Crippen LogP contribution >= 0.6 is 0 Å². The summed E-state index contributed by atoms with van der Waals surface area (Å²) in [5, 5.41) is 6.63. The van der Waals surface area contributed by atoms with Crippen molar-refractivity contribution in [2.24, 2.45) is 0 Å². The van der Waals surface area contributed by atoms with E-state index in [4.69, 9.17) is 9.97 Å². The number of aromatic nitrogens is 3. The van der Waals surface area contributed by atoms with E-state index in [2.05, 4.69) is 115 Å². The topological polar surface area (TPSA) is 30.2 Å². The van der Waals surface area contributed by atoms with Gasteiger partial charge < -0.3 is 0 Å². The molecule has 8 aromatic rings. The second kappa shape index (κ2) is 9.00. The van der Waals surface area contributed by atoms with Crippen LogP contribution in [-0.2, 0) is 0 Å². The highest BCUT2D eigenvalue weighted by atomic mass is 15.0. The zero-order valence-corrected chi connectivity index (χ0v) is 22.4. The summed E-state index contributed by atoms with van der Waals surface area (Å²) in [6.45, 7) is 7.97. The Labute approximate surface area is 236 Å². The van der Waals surface area contributed by atoms with Gasteiger partial charge in [0.15, 0.2) is 0 Å². The second-order valence-corrected chi connectivity index (χ2v) is 10.4. The fourth-order valence-corrected chi connectivity index (χ4v) is 6.07. The summed E-state index contributed by atoms with van der Waals surface area (Å²) in [5.74, 6) is 0. The largest absolute Gasteiger partial charge is 0.292 e. The number of rotatable bonds is 3. The van der Waals surface area contributed by atoms with E-state index in [9.17, 15) is 0 Å². The van der Waals surface area contributed by atoms with Crippen LogP contribution in [0.5, 0.6) is 0 Å². The molecule has 0 amide bonds. The lowest BCUT2D eigenvalue weighted by atomic mass is 9.97. The van der Waals surface area contributed by atoms with Crippen LogP contribution < -0.4 is 10.4 Å². The number of benzene rings is 5. The summed E-state index contributed by atoms with van der Waals surface area (Å²) in [6, 6.07) is 38.7. The van der Waals surface area contributed by atoms with E-state index < -0.39 is 0 Å². The number of para-hydroxylation sites is 2. The molecule has 0 spiro atoms. The van der Waals surface area contributed by atoms with Crippen molar-refractivity contribution in [3.8, 4) is 22.3 Å². The molecule has 0 saturated heterocycles. The summed E-state index contributed by atoms with van der Waals surface area (Å²) < 4.78 is 2.30. The first-order valence-electron chi connectivity index (χ1n) is 13.7. The highest BCUT2D eigenvalue weighted by Crippen LogP contribution is 2.37. The smallest absolute Gasteiger partial charge is 0.146 e. The van der Waals surface area contributed by atoms with Crippen LogP contribution in [0.2, 0.25) is 0 Å². The molecule has 0 aliphatic heterocycles. The molecule has 192 valence electrons. The molecule has 0 aliphatic carbocycles. The Bertz CT molecular complexity index is 2450. The molecule has 0 fully saturated rings. The zero-order chi connectivity index (χ0) is 27.5. The fraction of sp³-hybridized carbons (Fsp3) is 0. The quantitative estimate of drug-likeness (QED) is 0.219. The van der Waals surface area contributed by atoms with E-state index in [-0.39, 0.29) is 0 Å². The van der Waals surface area contributed by atoms with Gasteiger partial charge in [0, 0.05) is 27.7 Å². The average molecular weight is 524 g/mol. The third-order valence-corrected chi connectivity index (χ3v) is 8.08. The van der Waals surface area contributed by atoms with Crippen LogP contribution in [0, 0.1) is 0 Å². The Morgan fingerprint density at radius 1 is 0.659 bits per heavy atom. The Morgan fingerprint density at radius 2 is 1.39 bits per heavy atom. The molecule has 5 aromatic carbocycles. The van der Waals surface area contributed by atoms with Crippen molar-refractivity contribution >= 4 is 61.9 Å². The van der Waals surface area contributed by atoms with Crippen LogP contribution in [0.4, 0.5) is 0 Å². The summed E-state index contributed by atoms with van der Waals surface area (Å²) in [5.41, 5.74) is 9.81. The molecule has 0 aliphatic rings. The van der Waals surface area contributed by atoms with Crippen LogP contribution in [-0.4, -0.2) is 14.4 Å². The monoisotopic (exact) mass is 523 g/mol. The van der Waals surface area contributed by atoms with Crippen molar-refractivity contribution in [3.05, 3.63) is 138 Å². The highest BCUT2D eigenvalue weighted by Gasteiger charge is 2.16. The van der Waals surface area contributed by atoms with E-state index in [0.29, 0.717) is 0 Å². The predicted molar refractivity (Wildman–Crippen MR) is 173 cm³/mol. The number of hydrogen-bond donors (Lipinski definition) is 0. The first-order chi connectivity index (χ1) is 20.2. The number of hydrogen-bond acceptors (Lipinski definition) is 2. The SMILES string of the molecule is C=C/C=c1/cc(-c2ccc(-c3ccc4c5c(ccc6cccnc65)c5nc6ccccc6n5c4c3)cc2)ccc1=C. The maximum Gasteiger partial charge on any atom is 0.146 e. The molecule has 3 nitrogen and oxygen atoms in total. The third-order valence-electron chi connectivity index (χ3n) is 8.08. The van der Waals surface area contributed by atoms with Crippen molar-refractivity contribution < 1.29 is 0 Å². The lowest BCUT2D eigenvalue weighted by Gasteiger charge is -2.13. The standard InChI is InChI=1S/C38H25N3/c1-3-7-28-22-29(12-11-24(28)2)25-13-15-26(16-14-25)30-18-19-31-35(23-30)41-34-10-5-4-9-33(34)40-38(41)32-20-17-27-8-6-21-39-37(27)36(31)32/h3-23H,1-2H2/b28-7-. The minimum Gasteiger partial charge on any atom is -0.292 e. The molecule has 0 bridgehead atoms. The van der Waals surface area contributed by atoms with Gasteiger partial charge in [-0.1, -0.05) is 98.1 Å². The van der Waals surface area contributed by atoms with E-state index >= 15 is 0 Å². The molecular weight excluding hydrogens is 498 g/mol. The number of imidazole rings is 1. The third kappa shape index (κ3) is 3.60. The molecule has 0 atom stereocenters. The van der Waals surface area contributed by atoms with E-state index in [1.165, 1.54) is 10.9 Å². The van der Waals surface area contributed by atoms with Gasteiger partial charge in [0.05, 0.1) is 22.1 Å². The normalized spacial score (nSPS) is 12.2. The molecule has 3 aromatic heterocycles. The van der Waals surface area contributed by atoms with Gasteiger partial charge in [-0.25, -0.2) is 4.98 Å². The zero-order valence-electron chi connectivity index (χ0n) is 22.4. The molecule has 3 heterocycles. The van der Waals surface area contributed by atoms with E-state index in [0.717, 1.165) is 71.0 Å². The first kappa shape index (κ1) is 23.4. The maximum atomic E-state index is 5.10. The summed E-state index contributed by atoms with van der Waals surface area (Å²) in [6.07, 6.45) is 5.68. The molecule has 0 N–H and O–H groups in total. The van der Waals surface area contributed by atoms with Crippen molar-refractivity contribution in [2.45, 2.75) is 0 Å². The Balaban J connectivity index is 1.37. The molecule has 0 unspecified atom stereocenters. The first-order valence-corrected chi connectivity index (χ1v) is 13.7. The second-order valence-electron chi connectivity index (χ2n) is 10.4. The van der Waals surface area contributed by atoms with Gasteiger partial charge in [0.25, 0.3) is 0 Å². The molecule has 41 heavy (non-hydrogen) atoms. The lowest BCUT2D eigenvalue weighted by molar-refractivity contribution is 1.31.